The van der Waals surface area contributed by atoms with Gasteiger partial charge in [0.2, 0.25) is 11.9 Å². The van der Waals surface area contributed by atoms with Gasteiger partial charge in [0.25, 0.3) is 0 Å². The molecule has 2 fully saturated rings. The molecule has 0 spiro atoms. The largest absolute Gasteiger partial charge is 0.460 e. The van der Waals surface area contributed by atoms with Gasteiger partial charge >= 0.3 is 17.6 Å². The van der Waals surface area contributed by atoms with Gasteiger partial charge in [-0.1, -0.05) is 6.92 Å². The van der Waals surface area contributed by atoms with Crippen LogP contribution in [0.3, 0.4) is 0 Å². The minimum Gasteiger partial charge on any atom is -0.460 e. The standard InChI is InChI=1S/C22H29N5O7/c1-5-16(32-12(3)29)17-8-18(33-13(4)30)20(34-17)27-19-15(9-23-21(25-19)24-11(2)28)26(22(27)31)10-14-6-7-14/h9,14,16-18,20H,5-8,10H2,1-4H3,(H,23,24,25,28)/t16-,17-,18+,20+/m0/s1. The summed E-state index contributed by atoms with van der Waals surface area (Å²) in [6.07, 6.45) is 1.32. The summed E-state index contributed by atoms with van der Waals surface area (Å²) in [6.45, 7) is 6.29. The van der Waals surface area contributed by atoms with Crippen molar-refractivity contribution in [2.24, 2.45) is 5.92 Å². The second kappa shape index (κ2) is 9.53. The number of hydrogen-bond acceptors (Lipinski definition) is 9. The first-order valence-electron chi connectivity index (χ1n) is 11.4. The van der Waals surface area contributed by atoms with Crippen molar-refractivity contribution >= 4 is 35.0 Å². The molecule has 2 aromatic rings. The number of amides is 1. The van der Waals surface area contributed by atoms with Crippen molar-refractivity contribution in [3.8, 4) is 0 Å². The lowest BCUT2D eigenvalue weighted by atomic mass is 10.1. The van der Waals surface area contributed by atoms with Gasteiger partial charge in [-0.25, -0.2) is 14.3 Å². The smallest absolute Gasteiger partial charge is 0.332 e. The summed E-state index contributed by atoms with van der Waals surface area (Å²) >= 11 is 0. The van der Waals surface area contributed by atoms with Crippen LogP contribution in [0.1, 0.15) is 59.6 Å². The maximum atomic E-state index is 13.6. The highest BCUT2D eigenvalue weighted by atomic mass is 16.6. The van der Waals surface area contributed by atoms with E-state index in [1.165, 1.54) is 31.5 Å². The van der Waals surface area contributed by atoms with Crippen molar-refractivity contribution in [3.05, 3.63) is 16.7 Å². The molecule has 1 N–H and O–H groups in total. The maximum Gasteiger partial charge on any atom is 0.332 e. The molecular formula is C22H29N5O7. The average molecular weight is 476 g/mol. The van der Waals surface area contributed by atoms with Gasteiger partial charge in [0.05, 0.1) is 6.20 Å². The van der Waals surface area contributed by atoms with Crippen molar-refractivity contribution in [1.29, 1.82) is 0 Å². The summed E-state index contributed by atoms with van der Waals surface area (Å²) in [6, 6.07) is 0. The molecule has 2 aliphatic rings. The van der Waals surface area contributed by atoms with Gasteiger partial charge in [-0.2, -0.15) is 4.98 Å². The molecule has 3 heterocycles. The Morgan fingerprint density at radius 2 is 1.97 bits per heavy atom. The van der Waals surface area contributed by atoms with Crippen LogP contribution in [0.4, 0.5) is 5.95 Å². The maximum absolute atomic E-state index is 13.6. The third-order valence-corrected chi connectivity index (χ3v) is 5.93. The number of hydrogen-bond donors (Lipinski definition) is 1. The topological polar surface area (TPSA) is 144 Å². The van der Waals surface area contributed by atoms with Gasteiger partial charge in [0.15, 0.2) is 11.9 Å². The number of rotatable bonds is 8. The Morgan fingerprint density at radius 1 is 1.24 bits per heavy atom. The second-order valence-electron chi connectivity index (χ2n) is 8.80. The fourth-order valence-electron chi connectivity index (χ4n) is 4.33. The number of carbonyl (C=O) groups is 3. The fraction of sp³-hybridized carbons (Fsp3) is 0.636. The minimum atomic E-state index is -0.992. The van der Waals surface area contributed by atoms with Gasteiger partial charge in [-0.15, -0.1) is 0 Å². The monoisotopic (exact) mass is 475 g/mol. The van der Waals surface area contributed by atoms with Gasteiger partial charge < -0.3 is 14.2 Å². The van der Waals surface area contributed by atoms with E-state index in [-0.39, 0.29) is 29.6 Å². The highest BCUT2D eigenvalue weighted by Gasteiger charge is 2.45. The van der Waals surface area contributed by atoms with Gasteiger partial charge in [0.1, 0.15) is 23.8 Å². The van der Waals surface area contributed by atoms with Crippen LogP contribution < -0.4 is 11.0 Å². The summed E-state index contributed by atoms with van der Waals surface area (Å²) in [4.78, 5) is 57.1. The van der Waals surface area contributed by atoms with E-state index in [1.54, 1.807) is 4.57 Å². The molecule has 1 saturated carbocycles. The summed E-state index contributed by atoms with van der Waals surface area (Å²) in [5.41, 5.74) is 0.374. The summed E-state index contributed by atoms with van der Waals surface area (Å²) < 4.78 is 20.1. The van der Waals surface area contributed by atoms with Crippen molar-refractivity contribution in [2.75, 3.05) is 5.32 Å². The highest BCUT2D eigenvalue weighted by molar-refractivity contribution is 5.87. The van der Waals surface area contributed by atoms with Crippen molar-refractivity contribution in [3.63, 3.8) is 0 Å². The van der Waals surface area contributed by atoms with E-state index in [0.717, 1.165) is 12.8 Å². The zero-order valence-electron chi connectivity index (χ0n) is 19.6. The van der Waals surface area contributed by atoms with E-state index in [1.807, 2.05) is 6.92 Å². The summed E-state index contributed by atoms with van der Waals surface area (Å²) in [7, 11) is 0. The molecule has 0 radical (unpaired) electrons. The van der Waals surface area contributed by atoms with Gasteiger partial charge in [-0.05, 0) is 25.2 Å². The quantitative estimate of drug-likeness (QED) is 0.562. The van der Waals surface area contributed by atoms with Crippen molar-refractivity contribution < 1.29 is 28.6 Å². The van der Waals surface area contributed by atoms with Crippen LogP contribution >= 0.6 is 0 Å². The minimum absolute atomic E-state index is 0.0438. The summed E-state index contributed by atoms with van der Waals surface area (Å²) in [5, 5.41) is 2.53. The van der Waals surface area contributed by atoms with E-state index < -0.39 is 36.5 Å². The number of anilines is 1. The average Bonchev–Trinajstić information content (AvgIpc) is 3.43. The molecule has 34 heavy (non-hydrogen) atoms. The van der Waals surface area contributed by atoms with E-state index in [9.17, 15) is 19.2 Å². The van der Waals surface area contributed by atoms with E-state index >= 15 is 0 Å². The predicted molar refractivity (Wildman–Crippen MR) is 119 cm³/mol. The first kappa shape index (κ1) is 23.9. The van der Waals surface area contributed by atoms with Crippen molar-refractivity contribution in [2.45, 2.75) is 84.5 Å². The fourth-order valence-corrected chi connectivity index (χ4v) is 4.33. The normalized spacial score (nSPS) is 23.0. The Hall–Kier alpha value is -3.28. The molecule has 0 aromatic carbocycles. The molecule has 1 amide bonds. The number of esters is 2. The third-order valence-electron chi connectivity index (χ3n) is 5.93. The first-order chi connectivity index (χ1) is 16.2. The number of carbonyl (C=O) groups excluding carboxylic acids is 3. The molecule has 1 aliphatic heterocycles. The van der Waals surface area contributed by atoms with Crippen molar-refractivity contribution in [1.82, 2.24) is 19.1 Å². The lowest BCUT2D eigenvalue weighted by Gasteiger charge is -2.22. The zero-order valence-corrected chi connectivity index (χ0v) is 19.6. The second-order valence-corrected chi connectivity index (χ2v) is 8.80. The lowest BCUT2D eigenvalue weighted by Crippen LogP contribution is -2.34. The Morgan fingerprint density at radius 3 is 2.56 bits per heavy atom. The Labute approximate surface area is 195 Å². The van der Waals surface area contributed by atoms with Crippen LogP contribution in [-0.2, 0) is 35.1 Å². The van der Waals surface area contributed by atoms with Gasteiger partial charge in [0, 0.05) is 33.7 Å². The Balaban J connectivity index is 1.80. The molecule has 4 atom stereocenters. The number of nitrogens with one attached hydrogen (secondary N) is 1. The van der Waals surface area contributed by atoms with Crippen LogP contribution in [0.15, 0.2) is 11.0 Å². The molecular weight excluding hydrogens is 446 g/mol. The first-order valence-corrected chi connectivity index (χ1v) is 11.4. The number of imidazole rings is 1. The SMILES string of the molecule is CC[C@H](OC(C)=O)[C@@H]1C[C@@H](OC(C)=O)[C@H](n2c(=O)n(CC3CC3)c3cnc(NC(C)=O)nc32)O1. The number of aromatic nitrogens is 4. The molecule has 184 valence electrons. The van der Waals surface area contributed by atoms with Crippen LogP contribution in [0.25, 0.3) is 11.2 Å². The molecule has 2 aromatic heterocycles. The predicted octanol–water partition coefficient (Wildman–Crippen LogP) is 1.52. The third kappa shape index (κ3) is 4.96. The van der Waals surface area contributed by atoms with Crippen LogP contribution in [0.5, 0.6) is 0 Å². The van der Waals surface area contributed by atoms with E-state index in [0.29, 0.717) is 24.4 Å². The Bertz CT molecular complexity index is 1170. The van der Waals surface area contributed by atoms with Crippen LogP contribution in [0.2, 0.25) is 0 Å². The molecule has 12 heteroatoms. The van der Waals surface area contributed by atoms with Crippen LogP contribution in [-0.4, -0.2) is 55.3 Å². The zero-order chi connectivity index (χ0) is 24.6. The molecule has 4 rings (SSSR count). The number of nitrogens with zero attached hydrogens (tertiary/aromatic N) is 4. The molecule has 1 aliphatic carbocycles. The number of fused-ring (bicyclic) bond motifs is 1. The Kier molecular flexibility index (Phi) is 6.69. The molecule has 1 saturated heterocycles. The van der Waals surface area contributed by atoms with E-state index in [2.05, 4.69) is 15.3 Å². The highest BCUT2D eigenvalue weighted by Crippen LogP contribution is 2.36. The van der Waals surface area contributed by atoms with Gasteiger partial charge in [-0.3, -0.25) is 24.3 Å². The van der Waals surface area contributed by atoms with Crippen LogP contribution in [0, 0.1) is 5.92 Å². The summed E-state index contributed by atoms with van der Waals surface area (Å²) in [5.74, 6) is -0.895. The molecule has 12 nitrogen and oxygen atoms in total. The number of ether oxygens (including phenoxy) is 3. The molecule has 0 bridgehead atoms. The van der Waals surface area contributed by atoms with E-state index in [4.69, 9.17) is 14.2 Å². The lowest BCUT2D eigenvalue weighted by molar-refractivity contribution is -0.158. The molecule has 0 unspecified atom stereocenters.